The van der Waals surface area contributed by atoms with E-state index in [2.05, 4.69) is 15.3 Å². The molecule has 1 N–H and O–H groups in total. The van der Waals surface area contributed by atoms with Crippen LogP contribution in [0.3, 0.4) is 0 Å². The standard InChI is InChI=1S/C11H6Cl3N3O/c12-8-2-1-6(3-9(8)13)17-11-7(4-18)10(14)15-5-16-11/h1-5H,(H,15,16,17). The van der Waals surface area contributed by atoms with Gasteiger partial charge in [0.25, 0.3) is 0 Å². The zero-order valence-corrected chi connectivity index (χ0v) is 11.1. The van der Waals surface area contributed by atoms with Crippen LogP contribution in [0.4, 0.5) is 11.5 Å². The van der Waals surface area contributed by atoms with Gasteiger partial charge in [-0.2, -0.15) is 0 Å². The van der Waals surface area contributed by atoms with Gasteiger partial charge in [-0.1, -0.05) is 34.8 Å². The predicted molar refractivity (Wildman–Crippen MR) is 72.2 cm³/mol. The van der Waals surface area contributed by atoms with Crippen molar-refractivity contribution in [1.29, 1.82) is 0 Å². The van der Waals surface area contributed by atoms with Crippen LogP contribution in [0, 0.1) is 0 Å². The van der Waals surface area contributed by atoms with Gasteiger partial charge < -0.3 is 5.32 Å². The number of rotatable bonds is 3. The highest BCUT2D eigenvalue weighted by Gasteiger charge is 2.09. The molecule has 2 rings (SSSR count). The summed E-state index contributed by atoms with van der Waals surface area (Å²) >= 11 is 17.5. The molecular weight excluding hydrogens is 297 g/mol. The van der Waals surface area contributed by atoms with Crippen LogP contribution in [0.1, 0.15) is 10.4 Å². The van der Waals surface area contributed by atoms with Gasteiger partial charge >= 0.3 is 0 Å². The van der Waals surface area contributed by atoms with Gasteiger partial charge in [-0.3, -0.25) is 4.79 Å². The van der Waals surface area contributed by atoms with Crippen molar-refractivity contribution in [2.45, 2.75) is 0 Å². The molecule has 0 amide bonds. The van der Waals surface area contributed by atoms with Gasteiger partial charge in [0.15, 0.2) is 6.29 Å². The predicted octanol–water partition coefficient (Wildman–Crippen LogP) is 3.99. The fourth-order valence-corrected chi connectivity index (χ4v) is 1.76. The van der Waals surface area contributed by atoms with E-state index in [4.69, 9.17) is 34.8 Å². The molecule has 1 aromatic heterocycles. The number of nitrogens with zero attached hydrogens (tertiary/aromatic N) is 2. The Morgan fingerprint density at radius 3 is 2.56 bits per heavy atom. The minimum absolute atomic E-state index is 0.0857. The van der Waals surface area contributed by atoms with Crippen LogP contribution in [0.25, 0.3) is 0 Å². The molecule has 0 spiro atoms. The number of halogens is 3. The maximum Gasteiger partial charge on any atom is 0.156 e. The number of anilines is 2. The van der Waals surface area contributed by atoms with E-state index in [0.29, 0.717) is 27.8 Å². The third-order valence-corrected chi connectivity index (χ3v) is 3.18. The first-order valence-corrected chi connectivity index (χ1v) is 5.93. The van der Waals surface area contributed by atoms with E-state index in [1.54, 1.807) is 18.2 Å². The Kier molecular flexibility index (Phi) is 4.01. The van der Waals surface area contributed by atoms with Crippen molar-refractivity contribution in [1.82, 2.24) is 9.97 Å². The molecule has 92 valence electrons. The maximum absolute atomic E-state index is 10.9. The molecule has 0 unspecified atom stereocenters. The summed E-state index contributed by atoms with van der Waals surface area (Å²) in [6, 6.07) is 4.96. The Bertz CT molecular complexity index is 604. The Morgan fingerprint density at radius 1 is 1.11 bits per heavy atom. The number of aldehydes is 1. The SMILES string of the molecule is O=Cc1c(Cl)ncnc1Nc1ccc(Cl)c(Cl)c1. The van der Waals surface area contributed by atoms with E-state index in [9.17, 15) is 4.79 Å². The number of hydrogen-bond acceptors (Lipinski definition) is 4. The second kappa shape index (κ2) is 5.52. The molecule has 0 saturated carbocycles. The molecule has 4 nitrogen and oxygen atoms in total. The van der Waals surface area contributed by atoms with E-state index in [-0.39, 0.29) is 10.7 Å². The van der Waals surface area contributed by atoms with Crippen LogP contribution >= 0.6 is 34.8 Å². The summed E-state index contributed by atoms with van der Waals surface area (Å²) in [5, 5.41) is 3.85. The van der Waals surface area contributed by atoms with Gasteiger partial charge in [-0.25, -0.2) is 9.97 Å². The number of benzene rings is 1. The lowest BCUT2D eigenvalue weighted by atomic mass is 10.3. The molecule has 0 aliphatic carbocycles. The largest absolute Gasteiger partial charge is 0.339 e. The van der Waals surface area contributed by atoms with Gasteiger partial charge in [-0.05, 0) is 18.2 Å². The lowest BCUT2D eigenvalue weighted by Gasteiger charge is -2.08. The first-order chi connectivity index (χ1) is 8.61. The number of aromatic nitrogens is 2. The van der Waals surface area contributed by atoms with E-state index in [1.807, 2.05) is 0 Å². The summed E-state index contributed by atoms with van der Waals surface area (Å²) in [7, 11) is 0. The molecule has 0 bridgehead atoms. The number of nitrogens with one attached hydrogen (secondary N) is 1. The fourth-order valence-electron chi connectivity index (χ4n) is 1.29. The van der Waals surface area contributed by atoms with Crippen LogP contribution in [0.2, 0.25) is 15.2 Å². The third-order valence-electron chi connectivity index (χ3n) is 2.14. The molecule has 0 aliphatic heterocycles. The number of hydrogen-bond donors (Lipinski definition) is 1. The van der Waals surface area contributed by atoms with Gasteiger partial charge in [0.05, 0.1) is 15.6 Å². The molecular formula is C11H6Cl3N3O. The molecule has 18 heavy (non-hydrogen) atoms. The van der Waals surface area contributed by atoms with Crippen molar-refractivity contribution in [2.24, 2.45) is 0 Å². The number of carbonyl (C=O) groups is 1. The topological polar surface area (TPSA) is 54.9 Å². The zero-order chi connectivity index (χ0) is 13.1. The second-order valence-electron chi connectivity index (χ2n) is 3.30. The first-order valence-electron chi connectivity index (χ1n) is 4.79. The normalized spacial score (nSPS) is 10.2. The first kappa shape index (κ1) is 13.1. The minimum Gasteiger partial charge on any atom is -0.339 e. The lowest BCUT2D eigenvalue weighted by Crippen LogP contribution is -2.00. The second-order valence-corrected chi connectivity index (χ2v) is 4.47. The third kappa shape index (κ3) is 2.72. The van der Waals surface area contributed by atoms with Gasteiger partial charge in [-0.15, -0.1) is 0 Å². The fraction of sp³-hybridized carbons (Fsp3) is 0. The van der Waals surface area contributed by atoms with Crippen LogP contribution < -0.4 is 5.32 Å². The maximum atomic E-state index is 10.9. The van der Waals surface area contributed by atoms with Gasteiger partial charge in [0.2, 0.25) is 0 Å². The summed E-state index contributed by atoms with van der Waals surface area (Å²) in [4.78, 5) is 18.6. The molecule has 0 radical (unpaired) electrons. The Morgan fingerprint density at radius 2 is 1.89 bits per heavy atom. The van der Waals surface area contributed by atoms with E-state index < -0.39 is 0 Å². The van der Waals surface area contributed by atoms with Gasteiger partial charge in [0.1, 0.15) is 17.3 Å². The smallest absolute Gasteiger partial charge is 0.156 e. The average molecular weight is 303 g/mol. The molecule has 0 aliphatic rings. The monoisotopic (exact) mass is 301 g/mol. The summed E-state index contributed by atoms with van der Waals surface area (Å²) in [5.74, 6) is 0.309. The summed E-state index contributed by atoms with van der Waals surface area (Å²) in [6.07, 6.45) is 1.84. The highest BCUT2D eigenvalue weighted by molar-refractivity contribution is 6.42. The molecule has 1 heterocycles. The highest BCUT2D eigenvalue weighted by Crippen LogP contribution is 2.27. The van der Waals surface area contributed by atoms with Crippen molar-refractivity contribution < 1.29 is 4.79 Å². The lowest BCUT2D eigenvalue weighted by molar-refractivity contribution is 0.112. The molecule has 1 aromatic carbocycles. The van der Waals surface area contributed by atoms with Gasteiger partial charge in [0, 0.05) is 5.69 Å². The summed E-state index contributed by atoms with van der Waals surface area (Å²) < 4.78 is 0. The summed E-state index contributed by atoms with van der Waals surface area (Å²) in [5.41, 5.74) is 0.826. The van der Waals surface area contributed by atoms with E-state index in [0.717, 1.165) is 0 Å². The average Bonchev–Trinajstić information content (AvgIpc) is 2.34. The van der Waals surface area contributed by atoms with Crippen LogP contribution in [0.15, 0.2) is 24.5 Å². The highest BCUT2D eigenvalue weighted by atomic mass is 35.5. The van der Waals surface area contributed by atoms with Crippen molar-refractivity contribution in [3.8, 4) is 0 Å². The number of carbonyl (C=O) groups excluding carboxylic acids is 1. The van der Waals surface area contributed by atoms with Crippen LogP contribution in [-0.4, -0.2) is 16.3 Å². The molecule has 0 saturated heterocycles. The van der Waals surface area contributed by atoms with Crippen molar-refractivity contribution in [2.75, 3.05) is 5.32 Å². The van der Waals surface area contributed by atoms with Crippen molar-refractivity contribution >= 4 is 52.6 Å². The van der Waals surface area contributed by atoms with E-state index in [1.165, 1.54) is 6.33 Å². The quantitative estimate of drug-likeness (QED) is 0.688. The molecule has 0 atom stereocenters. The van der Waals surface area contributed by atoms with Crippen LogP contribution in [0.5, 0.6) is 0 Å². The van der Waals surface area contributed by atoms with Crippen molar-refractivity contribution in [3.63, 3.8) is 0 Å². The van der Waals surface area contributed by atoms with Crippen molar-refractivity contribution in [3.05, 3.63) is 45.3 Å². The molecule has 7 heteroatoms. The Hall–Kier alpha value is -1.36. The summed E-state index contributed by atoms with van der Waals surface area (Å²) in [6.45, 7) is 0. The van der Waals surface area contributed by atoms with E-state index >= 15 is 0 Å². The Labute approximate surface area is 118 Å². The molecule has 2 aromatic rings. The minimum atomic E-state index is 0.0857. The molecule has 0 fully saturated rings. The Balaban J connectivity index is 2.36. The zero-order valence-electron chi connectivity index (χ0n) is 8.82. The van der Waals surface area contributed by atoms with Crippen LogP contribution in [-0.2, 0) is 0 Å².